The Bertz CT molecular complexity index is 321. The lowest BCUT2D eigenvalue weighted by Gasteiger charge is -2.09. The minimum atomic E-state index is -2.43. The first kappa shape index (κ1) is 14.0. The van der Waals surface area contributed by atoms with Crippen molar-refractivity contribution in [2.24, 2.45) is 0 Å². The van der Waals surface area contributed by atoms with Crippen molar-refractivity contribution in [1.29, 1.82) is 0 Å². The van der Waals surface area contributed by atoms with E-state index in [-0.39, 0.29) is 6.61 Å². The molecule has 0 radical (unpaired) electrons. The summed E-state index contributed by atoms with van der Waals surface area (Å²) in [5.41, 5.74) is 1.71. The molecule has 0 unspecified atom stereocenters. The van der Waals surface area contributed by atoms with Gasteiger partial charge in [-0.25, -0.2) is 8.78 Å². The lowest BCUT2D eigenvalue weighted by molar-refractivity contribution is 0.00857. The van der Waals surface area contributed by atoms with E-state index in [2.05, 4.69) is 17.2 Å². The summed E-state index contributed by atoms with van der Waals surface area (Å²) in [6.07, 6.45) is 0.266. The molecule has 1 N–H and O–H groups in total. The highest BCUT2D eigenvalue weighted by atomic mass is 19.3. The number of alkyl halides is 2. The van der Waals surface area contributed by atoms with Gasteiger partial charge in [0.15, 0.2) is 0 Å². The highest BCUT2D eigenvalue weighted by Crippen LogP contribution is 2.07. The summed E-state index contributed by atoms with van der Waals surface area (Å²) in [7, 11) is 0. The van der Waals surface area contributed by atoms with Crippen molar-refractivity contribution in [3.8, 4) is 0 Å². The third kappa shape index (κ3) is 5.70. The molecule has 0 aromatic carbocycles. The number of nitrogens with zero attached hydrogens (tertiary/aromatic N) is 1. The summed E-state index contributed by atoms with van der Waals surface area (Å²) in [5, 5.41) is 3.25. The molecule has 1 rings (SSSR count). The van der Waals surface area contributed by atoms with Gasteiger partial charge >= 0.3 is 0 Å². The Labute approximate surface area is 100 Å². The minimum Gasteiger partial charge on any atom is -0.369 e. The zero-order chi connectivity index (χ0) is 12.5. The standard InChI is InChI=1S/C12H18F2N2O/c1-2-5-15-7-10-4-3-6-16-11(10)8-17-9-12(13)14/h3-4,6,12,15H,2,5,7-9H2,1H3. The predicted molar refractivity (Wildman–Crippen MR) is 61.9 cm³/mol. The first-order chi connectivity index (χ1) is 8.24. The van der Waals surface area contributed by atoms with Crippen molar-refractivity contribution in [2.75, 3.05) is 13.2 Å². The van der Waals surface area contributed by atoms with Gasteiger partial charge in [0, 0.05) is 12.7 Å². The Morgan fingerprint density at radius 2 is 2.29 bits per heavy atom. The Morgan fingerprint density at radius 1 is 1.47 bits per heavy atom. The molecule has 5 heteroatoms. The number of ether oxygens (including phenoxy) is 1. The average Bonchev–Trinajstić information content (AvgIpc) is 2.31. The average molecular weight is 244 g/mol. The molecule has 96 valence electrons. The van der Waals surface area contributed by atoms with Gasteiger partial charge in [0.25, 0.3) is 6.43 Å². The SMILES string of the molecule is CCCNCc1cccnc1COCC(F)F. The van der Waals surface area contributed by atoms with Crippen LogP contribution in [0.5, 0.6) is 0 Å². The molecule has 0 spiro atoms. The molecule has 1 heterocycles. The van der Waals surface area contributed by atoms with Crippen LogP contribution in [-0.2, 0) is 17.9 Å². The summed E-state index contributed by atoms with van der Waals surface area (Å²) in [6, 6.07) is 3.76. The van der Waals surface area contributed by atoms with Crippen molar-refractivity contribution >= 4 is 0 Å². The fourth-order valence-electron chi connectivity index (χ4n) is 1.41. The summed E-state index contributed by atoms with van der Waals surface area (Å²) in [6.45, 7) is 3.29. The molecule has 0 aliphatic heterocycles. The van der Waals surface area contributed by atoms with Gasteiger partial charge in [-0.15, -0.1) is 0 Å². The Kier molecular flexibility index (Phi) is 6.65. The monoisotopic (exact) mass is 244 g/mol. The molecule has 0 saturated carbocycles. The van der Waals surface area contributed by atoms with Crippen molar-refractivity contribution in [3.05, 3.63) is 29.6 Å². The van der Waals surface area contributed by atoms with Gasteiger partial charge in [0.2, 0.25) is 0 Å². The molecular formula is C12H18F2N2O. The van der Waals surface area contributed by atoms with E-state index in [0.29, 0.717) is 6.54 Å². The summed E-state index contributed by atoms with van der Waals surface area (Å²) < 4.78 is 28.7. The Balaban J connectivity index is 2.46. The van der Waals surface area contributed by atoms with Crippen LogP contribution in [0.15, 0.2) is 18.3 Å². The third-order valence-corrected chi connectivity index (χ3v) is 2.21. The molecule has 0 bridgehead atoms. The molecule has 0 fully saturated rings. The number of rotatable bonds is 8. The van der Waals surface area contributed by atoms with E-state index in [4.69, 9.17) is 4.74 Å². The second kappa shape index (κ2) is 8.08. The Morgan fingerprint density at radius 3 is 3.00 bits per heavy atom. The number of aromatic nitrogens is 1. The fourth-order valence-corrected chi connectivity index (χ4v) is 1.41. The normalized spacial score (nSPS) is 11.1. The largest absolute Gasteiger partial charge is 0.369 e. The molecular weight excluding hydrogens is 226 g/mol. The maximum atomic E-state index is 11.9. The van der Waals surface area contributed by atoms with Crippen LogP contribution in [-0.4, -0.2) is 24.6 Å². The second-order valence-corrected chi connectivity index (χ2v) is 3.69. The summed E-state index contributed by atoms with van der Waals surface area (Å²) in [5.74, 6) is 0. The molecule has 1 aromatic rings. The number of halogens is 2. The zero-order valence-electron chi connectivity index (χ0n) is 9.96. The number of nitrogens with one attached hydrogen (secondary N) is 1. The molecule has 0 amide bonds. The molecule has 0 atom stereocenters. The fraction of sp³-hybridized carbons (Fsp3) is 0.583. The maximum Gasteiger partial charge on any atom is 0.261 e. The summed E-state index contributed by atoms with van der Waals surface area (Å²) in [4.78, 5) is 4.14. The van der Waals surface area contributed by atoms with Crippen molar-refractivity contribution < 1.29 is 13.5 Å². The van der Waals surface area contributed by atoms with Crippen LogP contribution in [0.3, 0.4) is 0 Å². The van der Waals surface area contributed by atoms with Crippen molar-refractivity contribution in [2.45, 2.75) is 32.9 Å². The van der Waals surface area contributed by atoms with Crippen LogP contribution in [0.2, 0.25) is 0 Å². The molecule has 1 aromatic heterocycles. The van der Waals surface area contributed by atoms with E-state index in [1.807, 2.05) is 12.1 Å². The lowest BCUT2D eigenvalue weighted by atomic mass is 10.2. The molecule has 0 aliphatic rings. The van der Waals surface area contributed by atoms with Gasteiger partial charge in [-0.1, -0.05) is 13.0 Å². The van der Waals surface area contributed by atoms with E-state index >= 15 is 0 Å². The van der Waals surface area contributed by atoms with Crippen LogP contribution >= 0.6 is 0 Å². The smallest absolute Gasteiger partial charge is 0.261 e. The topological polar surface area (TPSA) is 34.2 Å². The van der Waals surface area contributed by atoms with Gasteiger partial charge in [-0.3, -0.25) is 4.98 Å². The van der Waals surface area contributed by atoms with Gasteiger partial charge in [-0.05, 0) is 24.6 Å². The number of hydrogen-bond donors (Lipinski definition) is 1. The number of hydrogen-bond acceptors (Lipinski definition) is 3. The molecule has 0 saturated heterocycles. The van der Waals surface area contributed by atoms with E-state index in [9.17, 15) is 8.78 Å². The lowest BCUT2D eigenvalue weighted by Crippen LogP contribution is -2.16. The highest BCUT2D eigenvalue weighted by molar-refractivity contribution is 5.18. The quantitative estimate of drug-likeness (QED) is 0.713. The van der Waals surface area contributed by atoms with Crippen LogP contribution < -0.4 is 5.32 Å². The zero-order valence-corrected chi connectivity index (χ0v) is 9.96. The van der Waals surface area contributed by atoms with Crippen molar-refractivity contribution in [1.82, 2.24) is 10.3 Å². The molecule has 0 aliphatic carbocycles. The molecule has 17 heavy (non-hydrogen) atoms. The first-order valence-corrected chi connectivity index (χ1v) is 5.73. The van der Waals surface area contributed by atoms with Gasteiger partial charge in [0.1, 0.15) is 6.61 Å². The second-order valence-electron chi connectivity index (χ2n) is 3.69. The van der Waals surface area contributed by atoms with E-state index in [0.717, 1.165) is 24.2 Å². The number of pyridine rings is 1. The molecule has 3 nitrogen and oxygen atoms in total. The van der Waals surface area contributed by atoms with E-state index in [1.165, 1.54) is 0 Å². The van der Waals surface area contributed by atoms with Crippen LogP contribution in [0, 0.1) is 0 Å². The summed E-state index contributed by atoms with van der Waals surface area (Å²) >= 11 is 0. The first-order valence-electron chi connectivity index (χ1n) is 5.73. The van der Waals surface area contributed by atoms with Gasteiger partial charge in [0.05, 0.1) is 12.3 Å². The highest BCUT2D eigenvalue weighted by Gasteiger charge is 2.06. The van der Waals surface area contributed by atoms with E-state index in [1.54, 1.807) is 6.20 Å². The third-order valence-electron chi connectivity index (χ3n) is 2.21. The van der Waals surface area contributed by atoms with E-state index < -0.39 is 13.0 Å². The predicted octanol–water partition coefficient (Wildman–Crippen LogP) is 2.36. The van der Waals surface area contributed by atoms with Gasteiger partial charge < -0.3 is 10.1 Å². The maximum absolute atomic E-state index is 11.9. The minimum absolute atomic E-state index is 0.133. The Hall–Kier alpha value is -1.07. The van der Waals surface area contributed by atoms with Crippen LogP contribution in [0.1, 0.15) is 24.6 Å². The van der Waals surface area contributed by atoms with Crippen LogP contribution in [0.4, 0.5) is 8.78 Å². The van der Waals surface area contributed by atoms with Crippen LogP contribution in [0.25, 0.3) is 0 Å². The van der Waals surface area contributed by atoms with Gasteiger partial charge in [-0.2, -0.15) is 0 Å². The van der Waals surface area contributed by atoms with Crippen molar-refractivity contribution in [3.63, 3.8) is 0 Å².